The van der Waals surface area contributed by atoms with Crippen molar-refractivity contribution in [3.63, 3.8) is 0 Å². The largest absolute Gasteiger partial charge is 0.450 e. The van der Waals surface area contributed by atoms with Crippen LogP contribution in [0.25, 0.3) is 11.0 Å². The van der Waals surface area contributed by atoms with E-state index in [0.29, 0.717) is 34.7 Å². The molecule has 3 heterocycles. The summed E-state index contributed by atoms with van der Waals surface area (Å²) in [6.45, 7) is 1.11. The molecule has 29 heavy (non-hydrogen) atoms. The molecule has 0 unspecified atom stereocenters. The van der Waals surface area contributed by atoms with Crippen LogP contribution in [0.4, 0.5) is 0 Å². The van der Waals surface area contributed by atoms with Crippen LogP contribution in [0, 0.1) is 0 Å². The summed E-state index contributed by atoms with van der Waals surface area (Å²) in [5, 5.41) is 1.04. The molecule has 5 nitrogen and oxygen atoms in total. The second-order valence-electron chi connectivity index (χ2n) is 7.36. The minimum atomic E-state index is -0.529. The second-order valence-corrected chi connectivity index (χ2v) is 8.71. The molecule has 1 saturated heterocycles. The Bertz CT molecular complexity index is 1170. The van der Waals surface area contributed by atoms with Gasteiger partial charge in [0.1, 0.15) is 5.58 Å². The van der Waals surface area contributed by atoms with E-state index in [4.69, 9.17) is 20.8 Å². The van der Waals surface area contributed by atoms with Gasteiger partial charge in [0.15, 0.2) is 5.43 Å². The number of carbonyl (C=O) groups excluding carboxylic acids is 1. The lowest BCUT2D eigenvalue weighted by Gasteiger charge is -2.27. The summed E-state index contributed by atoms with van der Waals surface area (Å²) in [6.07, 6.45) is 1.83. The van der Waals surface area contributed by atoms with E-state index in [0.717, 1.165) is 22.9 Å². The molecular weight excluding hydrogens is 458 g/mol. The Balaban J connectivity index is 1.71. The van der Waals surface area contributed by atoms with Gasteiger partial charge in [0.25, 0.3) is 5.91 Å². The standard InChI is InChI=1S/C22H17BrClNO4/c23-13-5-8-17-16(10-13)20(26)18-19(12-3-6-14(24)7-4-12)25(22(27)21(18)29-17)11-15-2-1-9-28-15/h3-8,10,15,19H,1-2,9,11H2/t15-,19+/m0/s1. The van der Waals surface area contributed by atoms with Crippen LogP contribution < -0.4 is 5.43 Å². The minimum Gasteiger partial charge on any atom is -0.450 e. The summed E-state index contributed by atoms with van der Waals surface area (Å²) in [5.41, 5.74) is 1.41. The van der Waals surface area contributed by atoms with Gasteiger partial charge < -0.3 is 14.1 Å². The first-order valence-corrected chi connectivity index (χ1v) is 10.6. The zero-order valence-electron chi connectivity index (χ0n) is 15.4. The highest BCUT2D eigenvalue weighted by atomic mass is 79.9. The van der Waals surface area contributed by atoms with E-state index >= 15 is 0 Å². The van der Waals surface area contributed by atoms with Gasteiger partial charge in [0.05, 0.1) is 23.1 Å². The molecule has 0 spiro atoms. The number of ether oxygens (including phenoxy) is 1. The Hall–Kier alpha value is -2.15. The van der Waals surface area contributed by atoms with Crippen molar-refractivity contribution >= 4 is 44.4 Å². The lowest BCUT2D eigenvalue weighted by molar-refractivity contribution is 0.0486. The number of rotatable bonds is 3. The molecule has 1 aromatic heterocycles. The third kappa shape index (κ3) is 3.19. The zero-order valence-corrected chi connectivity index (χ0v) is 17.7. The monoisotopic (exact) mass is 473 g/mol. The maximum atomic E-state index is 13.4. The van der Waals surface area contributed by atoms with Crippen molar-refractivity contribution in [2.45, 2.75) is 25.0 Å². The average molecular weight is 475 g/mol. The van der Waals surface area contributed by atoms with E-state index in [1.807, 2.05) is 12.1 Å². The molecule has 1 fully saturated rings. The van der Waals surface area contributed by atoms with Crippen LogP contribution >= 0.6 is 27.5 Å². The van der Waals surface area contributed by atoms with Crippen LogP contribution in [-0.4, -0.2) is 30.1 Å². The molecule has 0 saturated carbocycles. The molecule has 3 aromatic rings. The van der Waals surface area contributed by atoms with Gasteiger partial charge in [-0.15, -0.1) is 0 Å². The average Bonchev–Trinajstić information content (AvgIpc) is 3.32. The van der Waals surface area contributed by atoms with Crippen molar-refractivity contribution in [2.24, 2.45) is 0 Å². The van der Waals surface area contributed by atoms with Crippen molar-refractivity contribution in [3.8, 4) is 0 Å². The molecular formula is C22H17BrClNO4. The van der Waals surface area contributed by atoms with Gasteiger partial charge >= 0.3 is 0 Å². The fourth-order valence-electron chi connectivity index (χ4n) is 4.18. The topological polar surface area (TPSA) is 59.8 Å². The first kappa shape index (κ1) is 18.9. The van der Waals surface area contributed by atoms with Gasteiger partial charge in [-0.2, -0.15) is 0 Å². The highest BCUT2D eigenvalue weighted by molar-refractivity contribution is 9.10. The predicted octanol–water partition coefficient (Wildman–Crippen LogP) is 4.93. The molecule has 1 amide bonds. The molecule has 2 aliphatic heterocycles. The molecule has 2 atom stereocenters. The van der Waals surface area contributed by atoms with Crippen LogP contribution in [-0.2, 0) is 4.74 Å². The maximum absolute atomic E-state index is 13.4. The maximum Gasteiger partial charge on any atom is 0.291 e. The molecule has 148 valence electrons. The molecule has 0 bridgehead atoms. The number of hydrogen-bond acceptors (Lipinski definition) is 4. The van der Waals surface area contributed by atoms with Crippen molar-refractivity contribution in [1.82, 2.24) is 4.90 Å². The highest BCUT2D eigenvalue weighted by Gasteiger charge is 2.43. The van der Waals surface area contributed by atoms with Gasteiger partial charge in [-0.05, 0) is 48.7 Å². The van der Waals surface area contributed by atoms with Gasteiger partial charge in [0, 0.05) is 22.6 Å². The SMILES string of the molecule is O=C1c2oc3ccc(Br)cc3c(=O)c2[C@@H](c2ccc(Cl)cc2)N1C[C@@H]1CCCO1. The fraction of sp³-hybridized carbons (Fsp3) is 0.273. The highest BCUT2D eigenvalue weighted by Crippen LogP contribution is 2.39. The summed E-state index contributed by atoms with van der Waals surface area (Å²) in [5.74, 6) is -0.167. The third-order valence-electron chi connectivity index (χ3n) is 5.54. The van der Waals surface area contributed by atoms with E-state index in [2.05, 4.69) is 15.9 Å². The quantitative estimate of drug-likeness (QED) is 0.540. The molecule has 2 aliphatic rings. The fourth-order valence-corrected chi connectivity index (χ4v) is 4.67. The van der Waals surface area contributed by atoms with Crippen LogP contribution in [0.5, 0.6) is 0 Å². The number of halogens is 2. The second kappa shape index (κ2) is 7.27. The Morgan fingerprint density at radius 2 is 1.93 bits per heavy atom. The van der Waals surface area contributed by atoms with Crippen LogP contribution in [0.3, 0.4) is 0 Å². The lowest BCUT2D eigenvalue weighted by Crippen LogP contribution is -2.36. The number of carbonyl (C=O) groups is 1. The Labute approximate surface area is 180 Å². The lowest BCUT2D eigenvalue weighted by atomic mass is 9.98. The van der Waals surface area contributed by atoms with Crippen molar-refractivity contribution < 1.29 is 13.9 Å². The summed E-state index contributed by atoms with van der Waals surface area (Å²) in [7, 11) is 0. The van der Waals surface area contributed by atoms with Crippen LogP contribution in [0.1, 0.15) is 40.6 Å². The molecule has 5 rings (SSSR count). The van der Waals surface area contributed by atoms with E-state index in [9.17, 15) is 9.59 Å². The molecule has 0 radical (unpaired) electrons. The van der Waals surface area contributed by atoms with Gasteiger partial charge in [-0.25, -0.2) is 0 Å². The summed E-state index contributed by atoms with van der Waals surface area (Å²) in [4.78, 5) is 28.4. The van der Waals surface area contributed by atoms with E-state index in [-0.39, 0.29) is 23.2 Å². The smallest absolute Gasteiger partial charge is 0.291 e. The van der Waals surface area contributed by atoms with Crippen molar-refractivity contribution in [1.29, 1.82) is 0 Å². The minimum absolute atomic E-state index is 0.0401. The van der Waals surface area contributed by atoms with E-state index in [1.54, 1.807) is 35.2 Å². The number of amides is 1. The van der Waals surface area contributed by atoms with Crippen LogP contribution in [0.2, 0.25) is 5.02 Å². The molecule has 0 aliphatic carbocycles. The Kier molecular flexibility index (Phi) is 4.73. The molecule has 2 aromatic carbocycles. The number of nitrogens with zero attached hydrogens (tertiary/aromatic N) is 1. The van der Waals surface area contributed by atoms with Gasteiger partial charge in [0.2, 0.25) is 5.76 Å². The molecule has 0 N–H and O–H groups in total. The number of benzene rings is 2. The Morgan fingerprint density at radius 1 is 1.14 bits per heavy atom. The predicted molar refractivity (Wildman–Crippen MR) is 113 cm³/mol. The van der Waals surface area contributed by atoms with Gasteiger partial charge in [-0.3, -0.25) is 9.59 Å². The van der Waals surface area contributed by atoms with Crippen molar-refractivity contribution in [3.05, 3.63) is 79.1 Å². The summed E-state index contributed by atoms with van der Waals surface area (Å²) >= 11 is 9.47. The first-order chi connectivity index (χ1) is 14.0. The van der Waals surface area contributed by atoms with E-state index < -0.39 is 6.04 Å². The van der Waals surface area contributed by atoms with Gasteiger partial charge in [-0.1, -0.05) is 39.7 Å². The third-order valence-corrected chi connectivity index (χ3v) is 6.28. The Morgan fingerprint density at radius 3 is 2.66 bits per heavy atom. The van der Waals surface area contributed by atoms with Crippen LogP contribution in [0.15, 0.2) is 56.1 Å². The normalized spacial score (nSPS) is 21.2. The van der Waals surface area contributed by atoms with E-state index in [1.165, 1.54) is 0 Å². The molecule has 7 heteroatoms. The zero-order chi connectivity index (χ0) is 20.1. The number of fused-ring (bicyclic) bond motifs is 2. The van der Waals surface area contributed by atoms with Crippen molar-refractivity contribution in [2.75, 3.05) is 13.2 Å². The number of hydrogen-bond donors (Lipinski definition) is 0. The summed E-state index contributed by atoms with van der Waals surface area (Å²) < 4.78 is 12.5. The first-order valence-electron chi connectivity index (χ1n) is 9.47. The summed E-state index contributed by atoms with van der Waals surface area (Å²) in [6, 6.07) is 11.9.